The van der Waals surface area contributed by atoms with E-state index in [9.17, 15) is 0 Å². The van der Waals surface area contributed by atoms with Gasteiger partial charge in [-0.1, -0.05) is 18.2 Å². The van der Waals surface area contributed by atoms with Gasteiger partial charge in [-0.3, -0.25) is 5.84 Å². The van der Waals surface area contributed by atoms with Gasteiger partial charge in [0, 0.05) is 17.5 Å². The van der Waals surface area contributed by atoms with Crippen molar-refractivity contribution in [3.63, 3.8) is 0 Å². The molecular weight excluding hydrogens is 254 g/mol. The van der Waals surface area contributed by atoms with Gasteiger partial charge in [-0.2, -0.15) is 5.10 Å². The van der Waals surface area contributed by atoms with Crippen molar-refractivity contribution in [2.75, 3.05) is 6.61 Å². The Morgan fingerprint density at radius 2 is 2.20 bits per heavy atom. The lowest BCUT2D eigenvalue weighted by molar-refractivity contribution is 0.289. The van der Waals surface area contributed by atoms with Crippen LogP contribution in [0.4, 0.5) is 0 Å². The minimum atomic E-state index is -0.122. The molecule has 0 saturated carbocycles. The molecule has 0 radical (unpaired) electrons. The number of aromatic nitrogens is 3. The van der Waals surface area contributed by atoms with E-state index in [1.807, 2.05) is 22.9 Å². The molecule has 0 aliphatic carbocycles. The number of ether oxygens (including phenoxy) is 1. The lowest BCUT2D eigenvalue weighted by Crippen LogP contribution is -2.35. The molecule has 1 aliphatic heterocycles. The summed E-state index contributed by atoms with van der Waals surface area (Å²) in [6.45, 7) is 4.74. The third-order valence-electron chi connectivity index (χ3n) is 3.69. The van der Waals surface area contributed by atoms with Crippen LogP contribution in [-0.4, -0.2) is 21.4 Å². The lowest BCUT2D eigenvalue weighted by Gasteiger charge is -2.22. The fourth-order valence-electron chi connectivity index (χ4n) is 2.71. The molecule has 6 heteroatoms. The average molecular weight is 273 g/mol. The Balaban J connectivity index is 1.97. The summed E-state index contributed by atoms with van der Waals surface area (Å²) in [6, 6.07) is 8.16. The number of benzene rings is 1. The van der Waals surface area contributed by atoms with Gasteiger partial charge >= 0.3 is 0 Å². The minimum Gasteiger partial charge on any atom is -0.493 e. The quantitative estimate of drug-likeness (QED) is 0.652. The van der Waals surface area contributed by atoms with E-state index in [1.54, 1.807) is 6.33 Å². The second-order valence-electron chi connectivity index (χ2n) is 5.26. The molecule has 0 fully saturated rings. The molecule has 0 spiro atoms. The third kappa shape index (κ3) is 2.07. The molecule has 2 atom stereocenters. The Labute approximate surface area is 117 Å². The Morgan fingerprint density at radius 3 is 2.95 bits per heavy atom. The summed E-state index contributed by atoms with van der Waals surface area (Å²) in [5.74, 6) is 7.69. The van der Waals surface area contributed by atoms with Crippen LogP contribution in [0, 0.1) is 0 Å². The molecule has 2 unspecified atom stereocenters. The van der Waals surface area contributed by atoms with Gasteiger partial charge in [0.05, 0.1) is 12.6 Å². The molecule has 2 heterocycles. The predicted octanol–water partition coefficient (Wildman–Crippen LogP) is 1.54. The van der Waals surface area contributed by atoms with Gasteiger partial charge in [0.1, 0.15) is 17.9 Å². The second kappa shape index (κ2) is 5.22. The summed E-state index contributed by atoms with van der Waals surface area (Å²) in [6.07, 6.45) is 1.57. The number of para-hydroxylation sites is 1. The molecule has 0 saturated heterocycles. The van der Waals surface area contributed by atoms with Gasteiger partial charge in [0.2, 0.25) is 0 Å². The molecule has 2 aromatic rings. The maximum atomic E-state index is 5.78. The summed E-state index contributed by atoms with van der Waals surface area (Å²) in [5, 5.41) is 4.28. The van der Waals surface area contributed by atoms with Crippen molar-refractivity contribution in [1.29, 1.82) is 0 Å². The third-order valence-corrected chi connectivity index (χ3v) is 3.69. The van der Waals surface area contributed by atoms with E-state index < -0.39 is 0 Å². The number of nitrogens with two attached hydrogens (primary N) is 1. The van der Waals surface area contributed by atoms with Crippen LogP contribution in [-0.2, 0) is 0 Å². The Bertz CT molecular complexity index is 595. The first kappa shape index (κ1) is 13.1. The SMILES string of the molecule is CC(C)n1ncnc1C(NN)C1COc2ccccc21. The smallest absolute Gasteiger partial charge is 0.146 e. The first-order valence-corrected chi connectivity index (χ1v) is 6.79. The van der Waals surface area contributed by atoms with E-state index in [-0.39, 0.29) is 18.0 Å². The van der Waals surface area contributed by atoms with Crippen LogP contribution in [0.1, 0.15) is 43.2 Å². The number of hydrogen-bond acceptors (Lipinski definition) is 5. The molecule has 0 bridgehead atoms. The van der Waals surface area contributed by atoms with E-state index in [2.05, 4.69) is 35.4 Å². The highest BCUT2D eigenvalue weighted by molar-refractivity contribution is 5.41. The maximum Gasteiger partial charge on any atom is 0.146 e. The standard InChI is InChI=1S/C14H19N5O/c1-9(2)19-14(16-8-17-19)13(18-15)11-7-20-12-6-4-3-5-10(11)12/h3-6,8-9,11,13,18H,7,15H2,1-2H3. The zero-order chi connectivity index (χ0) is 14.1. The van der Waals surface area contributed by atoms with Gasteiger partial charge in [0.15, 0.2) is 0 Å². The van der Waals surface area contributed by atoms with Crippen molar-refractivity contribution in [1.82, 2.24) is 20.2 Å². The highest BCUT2D eigenvalue weighted by Crippen LogP contribution is 2.40. The van der Waals surface area contributed by atoms with Crippen LogP contribution in [0.25, 0.3) is 0 Å². The zero-order valence-electron chi connectivity index (χ0n) is 11.7. The highest BCUT2D eigenvalue weighted by Gasteiger charge is 2.34. The first-order chi connectivity index (χ1) is 9.72. The molecule has 0 amide bonds. The van der Waals surface area contributed by atoms with E-state index in [0.717, 1.165) is 17.1 Å². The fraction of sp³-hybridized carbons (Fsp3) is 0.429. The molecule has 1 aromatic carbocycles. The number of rotatable bonds is 4. The molecule has 1 aromatic heterocycles. The normalized spacial score (nSPS) is 18.9. The van der Waals surface area contributed by atoms with E-state index in [0.29, 0.717) is 6.61 Å². The van der Waals surface area contributed by atoms with Crippen molar-refractivity contribution in [3.8, 4) is 5.75 Å². The Morgan fingerprint density at radius 1 is 1.40 bits per heavy atom. The van der Waals surface area contributed by atoms with E-state index >= 15 is 0 Å². The number of nitrogens with one attached hydrogen (secondary N) is 1. The molecule has 3 rings (SSSR count). The molecule has 1 aliphatic rings. The van der Waals surface area contributed by atoms with Crippen molar-refractivity contribution in [3.05, 3.63) is 42.0 Å². The van der Waals surface area contributed by atoms with Crippen molar-refractivity contribution < 1.29 is 4.74 Å². The molecule has 106 valence electrons. The monoisotopic (exact) mass is 273 g/mol. The van der Waals surface area contributed by atoms with Crippen LogP contribution >= 0.6 is 0 Å². The summed E-state index contributed by atoms with van der Waals surface area (Å²) in [5.41, 5.74) is 4.04. The van der Waals surface area contributed by atoms with Gasteiger partial charge in [-0.15, -0.1) is 0 Å². The first-order valence-electron chi connectivity index (χ1n) is 6.79. The topological polar surface area (TPSA) is 78.0 Å². The number of hydrazine groups is 1. The van der Waals surface area contributed by atoms with E-state index in [4.69, 9.17) is 10.6 Å². The van der Waals surface area contributed by atoms with Crippen LogP contribution < -0.4 is 16.0 Å². The zero-order valence-corrected chi connectivity index (χ0v) is 11.7. The summed E-state index contributed by atoms with van der Waals surface area (Å²) in [7, 11) is 0. The lowest BCUT2D eigenvalue weighted by atomic mass is 9.93. The molecular formula is C14H19N5O. The van der Waals surface area contributed by atoms with Gasteiger partial charge in [-0.05, 0) is 19.9 Å². The minimum absolute atomic E-state index is 0.122. The molecule has 6 nitrogen and oxygen atoms in total. The number of hydrogen-bond donors (Lipinski definition) is 2. The maximum absolute atomic E-state index is 5.78. The summed E-state index contributed by atoms with van der Waals surface area (Å²) in [4.78, 5) is 4.38. The van der Waals surface area contributed by atoms with Crippen LogP contribution in [0.15, 0.2) is 30.6 Å². The summed E-state index contributed by atoms with van der Waals surface area (Å²) < 4.78 is 7.63. The number of nitrogens with zero attached hydrogens (tertiary/aromatic N) is 3. The van der Waals surface area contributed by atoms with Gasteiger partial charge < -0.3 is 4.74 Å². The predicted molar refractivity (Wildman–Crippen MR) is 75.1 cm³/mol. The van der Waals surface area contributed by atoms with Crippen molar-refractivity contribution in [2.24, 2.45) is 5.84 Å². The van der Waals surface area contributed by atoms with Crippen molar-refractivity contribution >= 4 is 0 Å². The van der Waals surface area contributed by atoms with Crippen molar-refractivity contribution in [2.45, 2.75) is 31.8 Å². The fourth-order valence-corrected chi connectivity index (χ4v) is 2.71. The van der Waals surface area contributed by atoms with Gasteiger partial charge in [0.25, 0.3) is 0 Å². The van der Waals surface area contributed by atoms with Gasteiger partial charge in [-0.25, -0.2) is 15.1 Å². The highest BCUT2D eigenvalue weighted by atomic mass is 16.5. The van der Waals surface area contributed by atoms with Crippen LogP contribution in [0.2, 0.25) is 0 Å². The van der Waals surface area contributed by atoms with Crippen LogP contribution in [0.3, 0.4) is 0 Å². The second-order valence-corrected chi connectivity index (χ2v) is 5.26. The molecule has 3 N–H and O–H groups in total. The molecule has 20 heavy (non-hydrogen) atoms. The van der Waals surface area contributed by atoms with E-state index in [1.165, 1.54) is 0 Å². The summed E-state index contributed by atoms with van der Waals surface area (Å²) >= 11 is 0. The largest absolute Gasteiger partial charge is 0.493 e. The Kier molecular flexibility index (Phi) is 3.42. The Hall–Kier alpha value is -1.92. The number of fused-ring (bicyclic) bond motifs is 1. The average Bonchev–Trinajstić information content (AvgIpc) is 3.07. The van der Waals surface area contributed by atoms with Crippen LogP contribution in [0.5, 0.6) is 5.75 Å².